The quantitative estimate of drug-likeness (QED) is 0.0585. The number of allylic oxidation sites excluding steroid dienone is 1. The van der Waals surface area contributed by atoms with Crippen LogP contribution >= 0.6 is 0 Å². The normalized spacial score (nSPS) is 19.2. The smallest absolute Gasteiger partial charge is 0.459 e. The predicted molar refractivity (Wildman–Crippen MR) is 234 cm³/mol. The third-order valence-electron chi connectivity index (χ3n) is 11.9. The van der Waals surface area contributed by atoms with E-state index in [1.807, 2.05) is 60.7 Å². The van der Waals surface area contributed by atoms with E-state index in [0.29, 0.717) is 34.8 Å². The summed E-state index contributed by atoms with van der Waals surface area (Å²) in [7, 11) is -4.95. The molecule has 2 amide bonds. The van der Waals surface area contributed by atoms with Gasteiger partial charge in [0.25, 0.3) is 8.32 Å². The monoisotopic (exact) mass is 826 g/mol. The van der Waals surface area contributed by atoms with Crippen LogP contribution in [0.4, 0.5) is 5.69 Å². The van der Waals surface area contributed by atoms with Gasteiger partial charge >= 0.3 is 7.12 Å². The number of rotatable bonds is 15. The van der Waals surface area contributed by atoms with Gasteiger partial charge in [-0.05, 0) is 99.3 Å². The van der Waals surface area contributed by atoms with Crippen molar-refractivity contribution >= 4 is 60.4 Å². The number of anilines is 1. The predicted octanol–water partition coefficient (Wildman–Crippen LogP) is 4.22. The van der Waals surface area contributed by atoms with Crippen LogP contribution in [0.5, 0.6) is 0 Å². The maximum Gasteiger partial charge on any atom is 0.488 e. The molecule has 1 fully saturated rings. The Morgan fingerprint density at radius 1 is 0.917 bits per heavy atom. The largest absolute Gasteiger partial charge is 0.488 e. The van der Waals surface area contributed by atoms with Gasteiger partial charge in [-0.15, -0.1) is 0 Å². The van der Waals surface area contributed by atoms with Gasteiger partial charge in [-0.3, -0.25) is 19.5 Å². The van der Waals surface area contributed by atoms with Crippen LogP contribution in [-0.2, 0) is 20.6 Å². The molecule has 0 spiro atoms. The Hall–Kier alpha value is -5.25. The molecule has 11 nitrogen and oxygen atoms in total. The van der Waals surface area contributed by atoms with E-state index in [1.165, 1.54) is 12.1 Å². The Bertz CT molecular complexity index is 2300. The lowest BCUT2D eigenvalue weighted by molar-refractivity contribution is -0.123. The van der Waals surface area contributed by atoms with E-state index in [-0.39, 0.29) is 42.2 Å². The second-order valence-electron chi connectivity index (χ2n) is 16.5. The minimum atomic E-state index is -3.14. The van der Waals surface area contributed by atoms with Gasteiger partial charge in [0.05, 0.1) is 42.5 Å². The fourth-order valence-corrected chi connectivity index (χ4v) is 13.7. The zero-order valence-electron chi connectivity index (χ0n) is 34.0. The minimum absolute atomic E-state index is 0.0341. The second-order valence-corrected chi connectivity index (χ2v) is 20.8. The van der Waals surface area contributed by atoms with Crippen LogP contribution in [0, 0.1) is 17.8 Å². The summed E-state index contributed by atoms with van der Waals surface area (Å²) < 4.78 is 13.2. The van der Waals surface area contributed by atoms with Crippen molar-refractivity contribution in [1.29, 1.82) is 0 Å². The summed E-state index contributed by atoms with van der Waals surface area (Å²) in [4.78, 5) is 34.5. The first-order chi connectivity index (χ1) is 28.9. The van der Waals surface area contributed by atoms with E-state index in [9.17, 15) is 35.0 Å². The molecule has 3 aromatic carbocycles. The number of hydrogen-bond donors (Lipinski definition) is 5. The number of furan rings is 1. The highest BCUT2D eigenvalue weighted by atomic mass is 28.4. The van der Waals surface area contributed by atoms with Crippen molar-refractivity contribution in [3.8, 4) is 0 Å². The number of carbonyl (C=O) groups is 2. The Morgan fingerprint density at radius 3 is 2.18 bits per heavy atom. The number of aliphatic hydroxyl groups excluding tert-OH is 3. The van der Waals surface area contributed by atoms with Crippen LogP contribution in [0.15, 0.2) is 137 Å². The highest BCUT2D eigenvalue weighted by molar-refractivity contribution is 6.99. The fraction of sp³-hybridized carbons (Fsp3) is 0.298. The highest BCUT2D eigenvalue weighted by Gasteiger charge is 2.56. The van der Waals surface area contributed by atoms with Gasteiger partial charge in [-0.25, -0.2) is 0 Å². The first-order valence-corrected chi connectivity index (χ1v) is 22.2. The van der Waals surface area contributed by atoms with Crippen molar-refractivity contribution in [3.05, 3.63) is 150 Å². The molecule has 3 heterocycles. The van der Waals surface area contributed by atoms with Crippen molar-refractivity contribution < 1.29 is 43.8 Å². The van der Waals surface area contributed by atoms with Gasteiger partial charge in [0, 0.05) is 12.1 Å². The number of pyridine rings is 1. The molecule has 5 N–H and O–H groups in total. The Labute approximate surface area is 351 Å². The lowest BCUT2D eigenvalue weighted by atomic mass is 9.68. The molecule has 5 aromatic rings. The minimum Gasteiger partial charge on any atom is -0.459 e. The third kappa shape index (κ3) is 8.39. The first-order valence-electron chi connectivity index (χ1n) is 20.3. The standard InChI is InChI=1S/C47H51BN2O9Si/c1-47(2,3)60(37-15-6-4-7-16-37,38-17-8-5-9-18-38)58-30-32-26-39-44(46(55)50(45(39)54)34-14-12-13-33(27-34)48(56)57)40(29-52)43(32)42(53)23-20-31(41-19-10-11-24-49-41)25-35-21-22-36(28-51)59-35/h4-19,21-22,24-25,27,39-40,42,44,51-53,56-57H,20,23,26,28-30H2,1-3H3/b31-25-/t39-,40+,42-,44-/m1/s1. The summed E-state index contributed by atoms with van der Waals surface area (Å²) in [5, 5.41) is 54.9. The summed E-state index contributed by atoms with van der Waals surface area (Å²) in [6.45, 7) is 5.76. The lowest BCUT2D eigenvalue weighted by Gasteiger charge is -2.44. The van der Waals surface area contributed by atoms with Gasteiger partial charge in [0.1, 0.15) is 18.1 Å². The van der Waals surface area contributed by atoms with Crippen molar-refractivity contribution in [2.75, 3.05) is 18.1 Å². The molecule has 4 atom stereocenters. The van der Waals surface area contributed by atoms with Gasteiger partial charge in [0.2, 0.25) is 11.8 Å². The van der Waals surface area contributed by atoms with E-state index >= 15 is 0 Å². The SMILES string of the molecule is CC(C)(C)[Si](OCC1=C([C@H](O)CC/C(=C/c2ccc(CO)o2)c2ccccn2)[C@H](CO)[C@@H]2C(=O)N(c3cccc(B(O)O)c3)C(=O)[C@@H]2C1)(c1ccccc1)c1ccccc1. The second kappa shape index (κ2) is 18.2. The number of nitrogens with zero attached hydrogens (tertiary/aromatic N) is 2. The van der Waals surface area contributed by atoms with E-state index in [0.717, 1.165) is 20.8 Å². The summed E-state index contributed by atoms with van der Waals surface area (Å²) in [5.74, 6) is -2.86. The number of fused-ring (bicyclic) bond motifs is 1. The molecule has 0 unspecified atom stereocenters. The summed E-state index contributed by atoms with van der Waals surface area (Å²) >= 11 is 0. The lowest BCUT2D eigenvalue weighted by Crippen LogP contribution is -2.66. The van der Waals surface area contributed by atoms with Crippen LogP contribution in [0.2, 0.25) is 5.04 Å². The molecule has 1 saturated heterocycles. The van der Waals surface area contributed by atoms with E-state index in [2.05, 4.69) is 50.0 Å². The average Bonchev–Trinajstić information content (AvgIpc) is 3.82. The maximum absolute atomic E-state index is 14.5. The number of benzene rings is 3. The van der Waals surface area contributed by atoms with Gasteiger partial charge in [-0.1, -0.05) is 99.6 Å². The van der Waals surface area contributed by atoms with Crippen molar-refractivity contribution in [2.24, 2.45) is 17.8 Å². The molecule has 7 rings (SSSR count). The first kappa shape index (κ1) is 42.9. The van der Waals surface area contributed by atoms with E-state index in [4.69, 9.17) is 8.84 Å². The van der Waals surface area contributed by atoms with Crippen LogP contribution < -0.4 is 20.7 Å². The molecule has 1 aliphatic heterocycles. The molecular weight excluding hydrogens is 775 g/mol. The van der Waals surface area contributed by atoms with Crippen LogP contribution in [-0.4, -0.2) is 76.9 Å². The van der Waals surface area contributed by atoms with Gasteiger partial charge < -0.3 is 34.2 Å². The number of amides is 2. The average molecular weight is 827 g/mol. The molecule has 0 radical (unpaired) electrons. The summed E-state index contributed by atoms with van der Waals surface area (Å²) in [6.07, 6.45) is 2.94. The molecular formula is C47H51BN2O9Si. The van der Waals surface area contributed by atoms with Crippen molar-refractivity contribution in [2.45, 2.75) is 57.8 Å². The molecule has 0 bridgehead atoms. The third-order valence-corrected chi connectivity index (χ3v) is 16.9. The summed E-state index contributed by atoms with van der Waals surface area (Å²) in [5.41, 5.74) is 2.87. The van der Waals surface area contributed by atoms with E-state index in [1.54, 1.807) is 30.5 Å². The van der Waals surface area contributed by atoms with Crippen molar-refractivity contribution in [1.82, 2.24) is 4.98 Å². The number of imide groups is 1. The zero-order chi connectivity index (χ0) is 42.6. The number of hydrogen-bond acceptors (Lipinski definition) is 10. The van der Waals surface area contributed by atoms with Gasteiger partial charge in [-0.2, -0.15) is 0 Å². The topological polar surface area (TPSA) is 174 Å². The highest BCUT2D eigenvalue weighted by Crippen LogP contribution is 2.48. The molecule has 2 aliphatic rings. The number of aromatic nitrogens is 1. The number of aliphatic hydroxyl groups is 3. The molecule has 13 heteroatoms. The van der Waals surface area contributed by atoms with Crippen LogP contribution in [0.1, 0.15) is 57.2 Å². The molecule has 1 aliphatic carbocycles. The van der Waals surface area contributed by atoms with Crippen molar-refractivity contribution in [3.63, 3.8) is 0 Å². The Balaban J connectivity index is 1.31. The van der Waals surface area contributed by atoms with Gasteiger partial charge in [0.15, 0.2) is 0 Å². The molecule has 0 saturated carbocycles. The maximum atomic E-state index is 14.5. The zero-order valence-corrected chi connectivity index (χ0v) is 35.0. The summed E-state index contributed by atoms with van der Waals surface area (Å²) in [6, 6.07) is 35.3. The Kier molecular flexibility index (Phi) is 13.0. The Morgan fingerprint density at radius 2 is 1.60 bits per heavy atom. The molecule has 2 aromatic heterocycles. The van der Waals surface area contributed by atoms with Crippen LogP contribution in [0.25, 0.3) is 11.6 Å². The molecule has 310 valence electrons. The van der Waals surface area contributed by atoms with E-state index < -0.39 is 57.7 Å². The fourth-order valence-electron chi connectivity index (χ4n) is 9.13. The molecule has 60 heavy (non-hydrogen) atoms. The number of carbonyl (C=O) groups excluding carboxylic acids is 2. The van der Waals surface area contributed by atoms with Crippen LogP contribution in [0.3, 0.4) is 0 Å².